The number of nitrogens with two attached hydrogens (primary N) is 1. The lowest BCUT2D eigenvalue weighted by Gasteiger charge is -2.31. The molecule has 3 heteroatoms. The molecule has 0 unspecified atom stereocenters. The fourth-order valence-corrected chi connectivity index (χ4v) is 1.37. The van der Waals surface area contributed by atoms with Gasteiger partial charge in [-0.2, -0.15) is 0 Å². The van der Waals surface area contributed by atoms with Crippen LogP contribution in [0.25, 0.3) is 0 Å². The van der Waals surface area contributed by atoms with E-state index in [2.05, 4.69) is 13.2 Å². The molecule has 2 nitrogen and oxygen atoms in total. The Labute approximate surface area is 75.1 Å². The highest BCUT2D eigenvalue weighted by Crippen LogP contribution is 2.24. The van der Waals surface area contributed by atoms with Crippen LogP contribution in [0.4, 0.5) is 0 Å². The van der Waals surface area contributed by atoms with E-state index in [1.165, 1.54) is 0 Å². The lowest BCUT2D eigenvalue weighted by Crippen LogP contribution is -2.40. The first-order chi connectivity index (χ1) is 5.10. The summed E-state index contributed by atoms with van der Waals surface area (Å²) in [6.07, 6.45) is 4.59. The van der Waals surface area contributed by atoms with Gasteiger partial charge in [0.25, 0.3) is 0 Å². The van der Waals surface area contributed by atoms with Crippen LogP contribution in [0.15, 0.2) is 23.6 Å². The minimum atomic E-state index is -3.04. The van der Waals surface area contributed by atoms with Crippen molar-refractivity contribution in [1.82, 2.24) is 0 Å². The van der Waals surface area contributed by atoms with Gasteiger partial charge < -0.3 is 0 Å². The molecule has 0 fully saturated rings. The van der Waals surface area contributed by atoms with Crippen LogP contribution in [0, 0.1) is 0 Å². The monoisotopic (exact) mass is 189 g/mol. The van der Waals surface area contributed by atoms with Gasteiger partial charge in [-0.25, -0.2) is 0 Å². The van der Waals surface area contributed by atoms with Gasteiger partial charge >= 0.3 is 0 Å². The number of hydrogen-bond acceptors (Lipinski definition) is 1. The molecule has 0 heterocycles. The van der Waals surface area contributed by atoms with Gasteiger partial charge in [0.2, 0.25) is 0 Å². The zero-order valence-electron chi connectivity index (χ0n) is 8.22. The van der Waals surface area contributed by atoms with Crippen molar-refractivity contribution in [3.8, 4) is 0 Å². The van der Waals surface area contributed by atoms with Crippen LogP contribution in [0.1, 0.15) is 19.8 Å². The van der Waals surface area contributed by atoms with E-state index in [1.54, 1.807) is 12.5 Å². The van der Waals surface area contributed by atoms with Gasteiger partial charge in [-0.05, 0) is 33.9 Å². The molecular weight excluding hydrogens is 170 g/mol. The van der Waals surface area contributed by atoms with E-state index >= 15 is 0 Å². The SMILES string of the molecule is C=C(C)CCC(=C)S(C)(C)(N)=O. The second-order valence-electron chi connectivity index (χ2n) is 3.91. The fraction of sp³-hybridized carbons (Fsp3) is 0.556. The molecule has 2 N–H and O–H groups in total. The predicted molar refractivity (Wildman–Crippen MR) is 57.4 cm³/mol. The highest BCUT2D eigenvalue weighted by molar-refractivity contribution is 8.20. The molecule has 0 amide bonds. The van der Waals surface area contributed by atoms with Crippen molar-refractivity contribution >= 4 is 9.25 Å². The quantitative estimate of drug-likeness (QED) is 0.673. The van der Waals surface area contributed by atoms with Crippen LogP contribution in [-0.2, 0) is 9.25 Å². The van der Waals surface area contributed by atoms with Gasteiger partial charge in [-0.15, -0.1) is 6.58 Å². The highest BCUT2D eigenvalue weighted by atomic mass is 32.3. The summed E-state index contributed by atoms with van der Waals surface area (Å²) in [5.41, 5.74) is 1.06. The van der Waals surface area contributed by atoms with Gasteiger partial charge in [0.15, 0.2) is 0 Å². The normalized spacial score (nSPS) is 14.8. The fourth-order valence-electron chi connectivity index (χ4n) is 0.658. The molecule has 0 aromatic heterocycles. The Bertz CT molecular complexity index is 261. The summed E-state index contributed by atoms with van der Waals surface area (Å²) in [5, 5.41) is 5.63. The predicted octanol–water partition coefficient (Wildman–Crippen LogP) is 1.81. The largest absolute Gasteiger partial charge is 0.269 e. The van der Waals surface area contributed by atoms with Gasteiger partial charge in [0.1, 0.15) is 0 Å². The van der Waals surface area contributed by atoms with E-state index in [9.17, 15) is 4.21 Å². The summed E-state index contributed by atoms with van der Waals surface area (Å²) in [7, 11) is -3.04. The van der Waals surface area contributed by atoms with Crippen molar-refractivity contribution in [3.63, 3.8) is 0 Å². The van der Waals surface area contributed by atoms with E-state index in [0.717, 1.165) is 12.0 Å². The standard InChI is InChI=1S/C9H19NOS/c1-8(2)6-7-9(3)12(4,5,10)11/h1,3,6-7H2,2,4-5H3,(H2,10,11). The molecule has 0 aromatic rings. The van der Waals surface area contributed by atoms with Crippen molar-refractivity contribution < 1.29 is 4.21 Å². The topological polar surface area (TPSA) is 43.1 Å². The highest BCUT2D eigenvalue weighted by Gasteiger charge is 2.21. The molecular formula is C9H19NOS. The van der Waals surface area contributed by atoms with Crippen LogP contribution in [0.2, 0.25) is 0 Å². The Hall–Kier alpha value is -0.410. The molecule has 0 aliphatic carbocycles. The van der Waals surface area contributed by atoms with Crippen LogP contribution in [0.5, 0.6) is 0 Å². The lowest BCUT2D eigenvalue weighted by molar-refractivity contribution is 0.668. The first-order valence-electron chi connectivity index (χ1n) is 3.84. The molecule has 72 valence electrons. The molecule has 12 heavy (non-hydrogen) atoms. The summed E-state index contributed by atoms with van der Waals surface area (Å²) >= 11 is 0. The molecule has 0 aliphatic rings. The van der Waals surface area contributed by atoms with Gasteiger partial charge in [-0.3, -0.25) is 9.35 Å². The van der Waals surface area contributed by atoms with Crippen LogP contribution < -0.4 is 5.14 Å². The summed E-state index contributed by atoms with van der Waals surface area (Å²) in [6, 6.07) is 0. The Morgan fingerprint density at radius 1 is 1.33 bits per heavy atom. The van der Waals surface area contributed by atoms with E-state index in [-0.39, 0.29) is 0 Å². The Morgan fingerprint density at radius 3 is 2.00 bits per heavy atom. The number of allylic oxidation sites excluding steroid dienone is 2. The van der Waals surface area contributed by atoms with E-state index < -0.39 is 9.25 Å². The van der Waals surface area contributed by atoms with Gasteiger partial charge in [0, 0.05) is 12.5 Å². The molecule has 0 bridgehead atoms. The summed E-state index contributed by atoms with van der Waals surface area (Å²) in [6.45, 7) is 9.44. The van der Waals surface area contributed by atoms with Crippen LogP contribution in [-0.4, -0.2) is 16.7 Å². The third-order valence-electron chi connectivity index (χ3n) is 1.69. The van der Waals surface area contributed by atoms with Crippen molar-refractivity contribution in [3.05, 3.63) is 23.6 Å². The molecule has 0 saturated carbocycles. The lowest BCUT2D eigenvalue weighted by atomic mass is 10.2. The summed E-state index contributed by atoms with van der Waals surface area (Å²) in [5.74, 6) is 0. The summed E-state index contributed by atoms with van der Waals surface area (Å²) in [4.78, 5) is 0.634. The second kappa shape index (κ2) is 3.15. The Balaban J connectivity index is 4.27. The molecule has 0 rings (SSSR count). The number of hydrogen-bond donors (Lipinski definition) is 1. The second-order valence-corrected chi connectivity index (χ2v) is 8.33. The molecule has 0 atom stereocenters. The van der Waals surface area contributed by atoms with Crippen molar-refractivity contribution in [1.29, 1.82) is 0 Å². The maximum absolute atomic E-state index is 11.7. The minimum Gasteiger partial charge on any atom is -0.269 e. The Morgan fingerprint density at radius 2 is 1.75 bits per heavy atom. The summed E-state index contributed by atoms with van der Waals surface area (Å²) < 4.78 is 11.7. The third-order valence-corrected chi connectivity index (χ3v) is 3.62. The van der Waals surface area contributed by atoms with Gasteiger partial charge in [-0.1, -0.05) is 12.2 Å². The molecule has 0 radical (unpaired) electrons. The van der Waals surface area contributed by atoms with Crippen molar-refractivity contribution in [2.24, 2.45) is 5.14 Å². The maximum Gasteiger partial charge on any atom is 0.00695 e. The number of rotatable bonds is 4. The van der Waals surface area contributed by atoms with Crippen molar-refractivity contribution in [2.45, 2.75) is 19.8 Å². The molecule has 0 aromatic carbocycles. The third kappa shape index (κ3) is 4.46. The Kier molecular flexibility index (Phi) is 3.04. The van der Waals surface area contributed by atoms with E-state index in [0.29, 0.717) is 11.3 Å². The van der Waals surface area contributed by atoms with Crippen LogP contribution >= 0.6 is 0 Å². The zero-order valence-corrected chi connectivity index (χ0v) is 9.04. The first-order valence-corrected chi connectivity index (χ1v) is 6.68. The maximum atomic E-state index is 11.7. The average molecular weight is 189 g/mol. The van der Waals surface area contributed by atoms with Crippen molar-refractivity contribution in [2.75, 3.05) is 12.5 Å². The van der Waals surface area contributed by atoms with E-state index in [1.807, 2.05) is 6.92 Å². The average Bonchev–Trinajstić information content (AvgIpc) is 1.78. The van der Waals surface area contributed by atoms with Gasteiger partial charge in [0.05, 0.1) is 0 Å². The minimum absolute atomic E-state index is 0.634. The molecule has 0 saturated heterocycles. The smallest absolute Gasteiger partial charge is 0.00695 e. The van der Waals surface area contributed by atoms with Crippen LogP contribution in [0.3, 0.4) is 0 Å². The molecule has 0 aliphatic heterocycles. The zero-order chi connectivity index (χ0) is 10.0. The molecule has 0 spiro atoms. The van der Waals surface area contributed by atoms with E-state index in [4.69, 9.17) is 5.14 Å². The first kappa shape index (κ1) is 11.6.